The molecule has 4 aromatic rings. The molecule has 2 heterocycles. The van der Waals surface area contributed by atoms with Gasteiger partial charge in [-0.05, 0) is 30.7 Å². The minimum absolute atomic E-state index is 0.274. The molecule has 0 spiro atoms. The van der Waals surface area contributed by atoms with Crippen molar-refractivity contribution in [2.45, 2.75) is 31.6 Å². The Morgan fingerprint density at radius 1 is 1.10 bits per heavy atom. The van der Waals surface area contributed by atoms with E-state index in [1.165, 1.54) is 11.3 Å². The number of thiophene rings is 1. The molecule has 5 rings (SSSR count). The monoisotopic (exact) mass is 438 g/mol. The highest BCUT2D eigenvalue weighted by atomic mass is 32.1. The standard InChI is InChI=1S/C22H18N2O4S2/c25-13-28-22(10-5-11-22)24-21(26)20-19(14-6-1-3-8-16(14)30-20)27-12-18-23-15-7-2-4-9-17(15)29-18/h1-4,6-9,13H,5,10-12H2,(H,24,26). The van der Waals surface area contributed by atoms with E-state index in [9.17, 15) is 9.59 Å². The van der Waals surface area contributed by atoms with Crippen molar-refractivity contribution >= 4 is 55.4 Å². The molecule has 30 heavy (non-hydrogen) atoms. The molecule has 0 saturated heterocycles. The molecule has 1 aliphatic rings. The third-order valence-corrected chi connectivity index (χ3v) is 7.37. The largest absolute Gasteiger partial charge is 0.484 e. The molecule has 0 radical (unpaired) electrons. The van der Waals surface area contributed by atoms with Crippen molar-refractivity contribution in [3.05, 3.63) is 58.4 Å². The van der Waals surface area contributed by atoms with Gasteiger partial charge in [0, 0.05) is 22.9 Å². The fraction of sp³-hybridized carbons (Fsp3) is 0.227. The Hall–Kier alpha value is -2.97. The van der Waals surface area contributed by atoms with E-state index < -0.39 is 5.72 Å². The average molecular weight is 439 g/mol. The zero-order valence-corrected chi connectivity index (χ0v) is 17.6. The van der Waals surface area contributed by atoms with Gasteiger partial charge in [-0.3, -0.25) is 9.59 Å². The van der Waals surface area contributed by atoms with Gasteiger partial charge in [-0.15, -0.1) is 22.7 Å². The highest BCUT2D eigenvalue weighted by molar-refractivity contribution is 7.21. The van der Waals surface area contributed by atoms with Gasteiger partial charge in [0.05, 0.1) is 10.2 Å². The van der Waals surface area contributed by atoms with Crippen molar-refractivity contribution < 1.29 is 19.1 Å². The number of carbonyl (C=O) groups excluding carboxylic acids is 2. The second kappa shape index (κ2) is 7.70. The number of rotatable bonds is 7. The summed E-state index contributed by atoms with van der Waals surface area (Å²) >= 11 is 2.94. The number of aromatic nitrogens is 1. The van der Waals surface area contributed by atoms with Gasteiger partial charge < -0.3 is 14.8 Å². The summed E-state index contributed by atoms with van der Waals surface area (Å²) in [6.07, 6.45) is 2.13. The third-order valence-electron chi connectivity index (χ3n) is 5.21. The zero-order valence-electron chi connectivity index (χ0n) is 15.9. The first-order valence-electron chi connectivity index (χ1n) is 9.60. The van der Waals surface area contributed by atoms with Crippen molar-refractivity contribution in [1.29, 1.82) is 0 Å². The lowest BCUT2D eigenvalue weighted by molar-refractivity contribution is -0.156. The third kappa shape index (κ3) is 3.42. The second-order valence-electron chi connectivity index (χ2n) is 7.14. The van der Waals surface area contributed by atoms with Crippen LogP contribution in [0.1, 0.15) is 33.9 Å². The molecule has 1 aliphatic carbocycles. The Bertz CT molecular complexity index is 1210. The lowest BCUT2D eigenvalue weighted by Crippen LogP contribution is -2.55. The number of ether oxygens (including phenoxy) is 2. The maximum atomic E-state index is 13.1. The van der Waals surface area contributed by atoms with E-state index in [0.717, 1.165) is 31.7 Å². The second-order valence-corrected chi connectivity index (χ2v) is 9.30. The van der Waals surface area contributed by atoms with Gasteiger partial charge >= 0.3 is 0 Å². The molecule has 2 aromatic carbocycles. The summed E-state index contributed by atoms with van der Waals surface area (Å²) in [4.78, 5) is 29.0. The number of para-hydroxylation sites is 1. The molecule has 152 valence electrons. The summed E-state index contributed by atoms with van der Waals surface area (Å²) in [5.41, 5.74) is 0.0337. The van der Waals surface area contributed by atoms with E-state index >= 15 is 0 Å². The molecule has 0 atom stereocenters. The fourth-order valence-corrected chi connectivity index (χ4v) is 5.48. The Morgan fingerprint density at radius 2 is 1.87 bits per heavy atom. The molecule has 0 aliphatic heterocycles. The first-order chi connectivity index (χ1) is 14.7. The molecule has 1 saturated carbocycles. The number of fused-ring (bicyclic) bond motifs is 2. The average Bonchev–Trinajstić information content (AvgIpc) is 3.31. The van der Waals surface area contributed by atoms with Crippen LogP contribution in [-0.2, 0) is 16.1 Å². The Balaban J connectivity index is 1.44. The minimum atomic E-state index is -0.903. The van der Waals surface area contributed by atoms with E-state index in [1.807, 2.05) is 48.5 Å². The molecule has 0 bridgehead atoms. The molecule has 1 fully saturated rings. The molecular weight excluding hydrogens is 420 g/mol. The van der Waals surface area contributed by atoms with Gasteiger partial charge in [0.2, 0.25) is 0 Å². The van der Waals surface area contributed by atoms with Crippen molar-refractivity contribution in [2.24, 2.45) is 0 Å². The van der Waals surface area contributed by atoms with Crippen LogP contribution < -0.4 is 10.1 Å². The predicted molar refractivity (Wildman–Crippen MR) is 117 cm³/mol. The minimum Gasteiger partial charge on any atom is -0.484 e. The number of benzene rings is 2. The smallest absolute Gasteiger partial charge is 0.295 e. The SMILES string of the molecule is O=COC1(NC(=O)c2sc3ccccc3c2OCc2nc3ccccc3s2)CCC1. The topological polar surface area (TPSA) is 77.5 Å². The quantitative estimate of drug-likeness (QED) is 0.329. The summed E-state index contributed by atoms with van der Waals surface area (Å²) in [7, 11) is 0. The Morgan fingerprint density at radius 3 is 2.60 bits per heavy atom. The van der Waals surface area contributed by atoms with Crippen LogP contribution in [0.5, 0.6) is 5.75 Å². The van der Waals surface area contributed by atoms with E-state index in [1.54, 1.807) is 11.3 Å². The first kappa shape index (κ1) is 19.0. The number of hydrogen-bond acceptors (Lipinski definition) is 7. The van der Waals surface area contributed by atoms with Crippen LogP contribution >= 0.6 is 22.7 Å². The Kier molecular flexibility index (Phi) is 4.88. The van der Waals surface area contributed by atoms with Crippen LogP contribution in [-0.4, -0.2) is 23.1 Å². The van der Waals surface area contributed by atoms with Gasteiger partial charge in [0.15, 0.2) is 11.5 Å². The van der Waals surface area contributed by atoms with Crippen LogP contribution in [0.3, 0.4) is 0 Å². The van der Waals surface area contributed by atoms with Gasteiger partial charge in [0.1, 0.15) is 16.5 Å². The lowest BCUT2D eigenvalue weighted by Gasteiger charge is -2.39. The van der Waals surface area contributed by atoms with Gasteiger partial charge in [-0.1, -0.05) is 24.3 Å². The van der Waals surface area contributed by atoms with Gasteiger partial charge in [-0.2, -0.15) is 0 Å². The summed E-state index contributed by atoms with van der Waals surface area (Å²) in [6.45, 7) is 0.672. The molecule has 2 aromatic heterocycles. The molecule has 8 heteroatoms. The number of amides is 1. The van der Waals surface area contributed by atoms with E-state index in [0.29, 0.717) is 29.9 Å². The van der Waals surface area contributed by atoms with Crippen LogP contribution in [0.25, 0.3) is 20.3 Å². The van der Waals surface area contributed by atoms with Crippen molar-refractivity contribution in [3.63, 3.8) is 0 Å². The zero-order chi connectivity index (χ0) is 20.6. The number of thiazole rings is 1. The summed E-state index contributed by atoms with van der Waals surface area (Å²) in [5, 5.41) is 4.62. The molecule has 1 amide bonds. The van der Waals surface area contributed by atoms with Crippen molar-refractivity contribution in [2.75, 3.05) is 0 Å². The Labute approximate surface area is 180 Å². The number of carbonyl (C=O) groups is 2. The van der Waals surface area contributed by atoms with Crippen LogP contribution in [0.2, 0.25) is 0 Å². The number of nitrogens with zero attached hydrogens (tertiary/aromatic N) is 1. The van der Waals surface area contributed by atoms with E-state index in [2.05, 4.69) is 10.3 Å². The molecule has 1 N–H and O–H groups in total. The highest BCUT2D eigenvalue weighted by Crippen LogP contribution is 2.40. The van der Waals surface area contributed by atoms with Gasteiger partial charge in [0.25, 0.3) is 12.4 Å². The van der Waals surface area contributed by atoms with Crippen LogP contribution in [0, 0.1) is 0 Å². The van der Waals surface area contributed by atoms with E-state index in [-0.39, 0.29) is 12.5 Å². The predicted octanol–water partition coefficient (Wildman–Crippen LogP) is 4.87. The summed E-state index contributed by atoms with van der Waals surface area (Å²) in [5.74, 6) is 0.241. The normalized spacial score (nSPS) is 14.9. The molecule has 0 unspecified atom stereocenters. The van der Waals surface area contributed by atoms with Crippen molar-refractivity contribution in [3.8, 4) is 5.75 Å². The molecular formula is C22H18N2O4S2. The maximum Gasteiger partial charge on any atom is 0.295 e. The highest BCUT2D eigenvalue weighted by Gasteiger charge is 2.41. The number of hydrogen-bond donors (Lipinski definition) is 1. The fourth-order valence-electron chi connectivity index (χ4n) is 3.56. The maximum absolute atomic E-state index is 13.1. The van der Waals surface area contributed by atoms with Crippen molar-refractivity contribution in [1.82, 2.24) is 10.3 Å². The van der Waals surface area contributed by atoms with Gasteiger partial charge in [-0.25, -0.2) is 4.98 Å². The molecule has 6 nitrogen and oxygen atoms in total. The van der Waals surface area contributed by atoms with E-state index in [4.69, 9.17) is 9.47 Å². The first-order valence-corrected chi connectivity index (χ1v) is 11.2. The summed E-state index contributed by atoms with van der Waals surface area (Å²) < 4.78 is 13.4. The lowest BCUT2D eigenvalue weighted by atomic mass is 9.88. The van der Waals surface area contributed by atoms with Crippen LogP contribution in [0.15, 0.2) is 48.5 Å². The number of nitrogens with one attached hydrogen (secondary N) is 1. The summed E-state index contributed by atoms with van der Waals surface area (Å²) in [6, 6.07) is 15.7. The van der Waals surface area contributed by atoms with Crippen LogP contribution in [0.4, 0.5) is 0 Å².